The van der Waals surface area contributed by atoms with E-state index in [2.05, 4.69) is 15.4 Å². The number of hydrogen-bond acceptors (Lipinski definition) is 6. The molecular formula is C16H21N5O3. The molecule has 0 radical (unpaired) electrons. The van der Waals surface area contributed by atoms with E-state index < -0.39 is 11.5 Å². The zero-order chi connectivity index (χ0) is 17.2. The lowest BCUT2D eigenvalue weighted by atomic mass is 10.0. The fraction of sp³-hybridized carbons (Fsp3) is 0.500. The summed E-state index contributed by atoms with van der Waals surface area (Å²) in [5, 5.41) is 12.6. The van der Waals surface area contributed by atoms with Crippen molar-refractivity contribution in [2.45, 2.75) is 38.5 Å². The maximum atomic E-state index is 11.1. The average molecular weight is 331 g/mol. The van der Waals surface area contributed by atoms with Crippen LogP contribution in [-0.4, -0.2) is 51.0 Å². The van der Waals surface area contributed by atoms with Crippen molar-refractivity contribution in [3.05, 3.63) is 29.8 Å². The molecule has 1 amide bonds. The van der Waals surface area contributed by atoms with Gasteiger partial charge in [0.05, 0.1) is 19.3 Å². The molecule has 0 saturated carbocycles. The van der Waals surface area contributed by atoms with Crippen molar-refractivity contribution >= 4 is 5.91 Å². The Morgan fingerprint density at radius 1 is 1.42 bits per heavy atom. The summed E-state index contributed by atoms with van der Waals surface area (Å²) in [6, 6.07) is 6.79. The van der Waals surface area contributed by atoms with Gasteiger partial charge >= 0.3 is 0 Å². The molecular weight excluding hydrogens is 310 g/mol. The first-order valence-corrected chi connectivity index (χ1v) is 7.91. The summed E-state index contributed by atoms with van der Waals surface area (Å²) in [5.41, 5.74) is 6.04. The molecule has 2 heterocycles. The number of primary amides is 1. The summed E-state index contributed by atoms with van der Waals surface area (Å²) in [6.45, 7) is 5.68. The normalized spacial score (nSPS) is 20.6. The first kappa shape index (κ1) is 16.5. The Hall–Kier alpha value is -2.32. The Kier molecular flexibility index (Phi) is 4.59. The third-order valence-electron chi connectivity index (χ3n) is 3.86. The quantitative estimate of drug-likeness (QED) is 0.847. The van der Waals surface area contributed by atoms with E-state index in [1.807, 2.05) is 13.8 Å². The molecule has 1 aromatic carbocycles. The summed E-state index contributed by atoms with van der Waals surface area (Å²) < 4.78 is 11.6. The molecule has 1 atom stereocenters. The number of nitrogens with zero attached hydrogens (tertiary/aromatic N) is 4. The van der Waals surface area contributed by atoms with Crippen LogP contribution in [0.15, 0.2) is 24.3 Å². The first-order chi connectivity index (χ1) is 11.5. The molecule has 24 heavy (non-hydrogen) atoms. The Morgan fingerprint density at radius 2 is 2.17 bits per heavy atom. The van der Waals surface area contributed by atoms with Crippen molar-refractivity contribution in [3.63, 3.8) is 0 Å². The Morgan fingerprint density at radius 3 is 2.75 bits per heavy atom. The van der Waals surface area contributed by atoms with Crippen LogP contribution in [0.1, 0.15) is 30.6 Å². The molecule has 1 saturated heterocycles. The lowest BCUT2D eigenvalue weighted by Crippen LogP contribution is -2.41. The SMILES string of the molecule is CC(C)OC1(Cn2nnc(-c3ccc(C(N)=O)cc3)n2)CCOC1. The number of carbonyl (C=O) groups is 1. The Labute approximate surface area is 139 Å². The van der Waals surface area contributed by atoms with Gasteiger partial charge in [-0.15, -0.1) is 10.2 Å². The highest BCUT2D eigenvalue weighted by Gasteiger charge is 2.38. The van der Waals surface area contributed by atoms with E-state index in [1.165, 1.54) is 4.80 Å². The highest BCUT2D eigenvalue weighted by molar-refractivity contribution is 5.93. The van der Waals surface area contributed by atoms with Gasteiger partial charge in [-0.3, -0.25) is 4.79 Å². The molecule has 0 spiro atoms. The van der Waals surface area contributed by atoms with Gasteiger partial charge in [-0.25, -0.2) is 0 Å². The number of hydrogen-bond donors (Lipinski definition) is 1. The van der Waals surface area contributed by atoms with Crippen LogP contribution in [0.2, 0.25) is 0 Å². The van der Waals surface area contributed by atoms with Crippen LogP contribution in [0.25, 0.3) is 11.4 Å². The van der Waals surface area contributed by atoms with Gasteiger partial charge in [0.25, 0.3) is 0 Å². The zero-order valence-corrected chi connectivity index (χ0v) is 13.8. The highest BCUT2D eigenvalue weighted by atomic mass is 16.6. The van der Waals surface area contributed by atoms with Crippen LogP contribution >= 0.6 is 0 Å². The average Bonchev–Trinajstić information content (AvgIpc) is 3.17. The van der Waals surface area contributed by atoms with Gasteiger partial charge in [0, 0.05) is 24.2 Å². The standard InChI is InChI=1S/C16H21N5O3/c1-11(2)24-16(7-8-23-10-16)9-21-19-15(18-20-21)13-5-3-12(4-6-13)14(17)22/h3-6,11H,7-10H2,1-2H3,(H2,17,22). The molecule has 8 nitrogen and oxygen atoms in total. The zero-order valence-electron chi connectivity index (χ0n) is 13.8. The number of nitrogens with two attached hydrogens (primary N) is 1. The maximum absolute atomic E-state index is 11.1. The molecule has 3 rings (SSSR count). The molecule has 2 N–H and O–H groups in total. The number of benzene rings is 1. The number of amides is 1. The smallest absolute Gasteiger partial charge is 0.248 e. The minimum Gasteiger partial charge on any atom is -0.378 e. The fourth-order valence-corrected chi connectivity index (χ4v) is 2.81. The predicted octanol–water partition coefficient (Wildman–Crippen LogP) is 1.02. The van der Waals surface area contributed by atoms with E-state index in [0.717, 1.165) is 12.0 Å². The minimum atomic E-state index is -0.466. The third kappa shape index (κ3) is 3.60. The van der Waals surface area contributed by atoms with E-state index in [-0.39, 0.29) is 6.10 Å². The first-order valence-electron chi connectivity index (χ1n) is 7.91. The van der Waals surface area contributed by atoms with Crippen LogP contribution in [0.4, 0.5) is 0 Å². The molecule has 1 aromatic heterocycles. The number of carbonyl (C=O) groups excluding carboxylic acids is 1. The summed E-state index contributed by atoms with van der Waals surface area (Å²) in [7, 11) is 0. The van der Waals surface area contributed by atoms with E-state index in [0.29, 0.717) is 31.1 Å². The van der Waals surface area contributed by atoms with Gasteiger partial charge < -0.3 is 15.2 Å². The number of aromatic nitrogens is 4. The second-order valence-electron chi connectivity index (χ2n) is 6.24. The number of tetrazole rings is 1. The van der Waals surface area contributed by atoms with E-state index in [4.69, 9.17) is 15.2 Å². The van der Waals surface area contributed by atoms with Gasteiger partial charge in [0.15, 0.2) is 0 Å². The van der Waals surface area contributed by atoms with Crippen LogP contribution < -0.4 is 5.73 Å². The van der Waals surface area contributed by atoms with Crippen molar-refractivity contribution in [1.82, 2.24) is 20.2 Å². The largest absolute Gasteiger partial charge is 0.378 e. The third-order valence-corrected chi connectivity index (χ3v) is 3.86. The molecule has 0 aliphatic carbocycles. The van der Waals surface area contributed by atoms with Crippen molar-refractivity contribution in [2.75, 3.05) is 13.2 Å². The lowest BCUT2D eigenvalue weighted by molar-refractivity contribution is -0.0950. The van der Waals surface area contributed by atoms with E-state index >= 15 is 0 Å². The second kappa shape index (κ2) is 6.66. The molecule has 1 aliphatic rings. The fourth-order valence-electron chi connectivity index (χ4n) is 2.81. The molecule has 1 aliphatic heterocycles. The number of ether oxygens (including phenoxy) is 2. The predicted molar refractivity (Wildman–Crippen MR) is 86.2 cm³/mol. The monoisotopic (exact) mass is 331 g/mol. The van der Waals surface area contributed by atoms with Gasteiger partial charge in [-0.1, -0.05) is 12.1 Å². The van der Waals surface area contributed by atoms with Crippen LogP contribution in [0.5, 0.6) is 0 Å². The molecule has 128 valence electrons. The molecule has 1 fully saturated rings. The topological polar surface area (TPSA) is 105 Å². The van der Waals surface area contributed by atoms with Gasteiger partial charge in [0.2, 0.25) is 11.7 Å². The lowest BCUT2D eigenvalue weighted by Gasteiger charge is -2.29. The van der Waals surface area contributed by atoms with Crippen molar-refractivity contribution < 1.29 is 14.3 Å². The van der Waals surface area contributed by atoms with Gasteiger partial charge in [-0.05, 0) is 31.2 Å². The minimum absolute atomic E-state index is 0.0936. The van der Waals surface area contributed by atoms with Crippen LogP contribution in [-0.2, 0) is 16.0 Å². The molecule has 2 aromatic rings. The summed E-state index contributed by atoms with van der Waals surface area (Å²) >= 11 is 0. The van der Waals surface area contributed by atoms with E-state index in [1.54, 1.807) is 24.3 Å². The van der Waals surface area contributed by atoms with Crippen molar-refractivity contribution in [3.8, 4) is 11.4 Å². The number of rotatable bonds is 6. The van der Waals surface area contributed by atoms with Crippen molar-refractivity contribution in [1.29, 1.82) is 0 Å². The summed E-state index contributed by atoms with van der Waals surface area (Å²) in [6.07, 6.45) is 0.895. The summed E-state index contributed by atoms with van der Waals surface area (Å²) in [5.74, 6) is 0.0248. The van der Waals surface area contributed by atoms with Gasteiger partial charge in [-0.2, -0.15) is 4.80 Å². The summed E-state index contributed by atoms with van der Waals surface area (Å²) in [4.78, 5) is 12.7. The second-order valence-corrected chi connectivity index (χ2v) is 6.24. The molecule has 0 bridgehead atoms. The van der Waals surface area contributed by atoms with Crippen LogP contribution in [0, 0.1) is 0 Å². The van der Waals surface area contributed by atoms with Crippen molar-refractivity contribution in [2.24, 2.45) is 5.73 Å². The highest BCUT2D eigenvalue weighted by Crippen LogP contribution is 2.27. The molecule has 8 heteroatoms. The van der Waals surface area contributed by atoms with Crippen LogP contribution in [0.3, 0.4) is 0 Å². The maximum Gasteiger partial charge on any atom is 0.248 e. The van der Waals surface area contributed by atoms with E-state index in [9.17, 15) is 4.79 Å². The Bertz CT molecular complexity index is 705. The van der Waals surface area contributed by atoms with Gasteiger partial charge in [0.1, 0.15) is 5.60 Å². The Balaban J connectivity index is 1.76. The molecule has 1 unspecified atom stereocenters.